The molecule has 0 fully saturated rings. The fourth-order valence-electron chi connectivity index (χ4n) is 2.60. The number of halogens is 1. The molecule has 2 rings (SSSR count). The van der Waals surface area contributed by atoms with Gasteiger partial charge >= 0.3 is 0 Å². The molecule has 1 N–H and O–H groups in total. The SMILES string of the molecule is CCCCOc1ccc(CNC(=O)CN(C)S(=O)(=O)c2ccc(Br)cc2)cc1OC. The lowest BCUT2D eigenvalue weighted by Crippen LogP contribution is -2.38. The molecule has 164 valence electrons. The molecule has 0 atom stereocenters. The predicted octanol–water partition coefficient (Wildman–Crippen LogP) is 3.57. The first-order valence-corrected chi connectivity index (χ1v) is 11.8. The Morgan fingerprint density at radius 2 is 1.83 bits per heavy atom. The quantitative estimate of drug-likeness (QED) is 0.478. The smallest absolute Gasteiger partial charge is 0.243 e. The van der Waals surface area contributed by atoms with E-state index < -0.39 is 15.9 Å². The highest BCUT2D eigenvalue weighted by Crippen LogP contribution is 2.28. The van der Waals surface area contributed by atoms with E-state index in [0.29, 0.717) is 18.1 Å². The Bertz CT molecular complexity index is 948. The molecule has 2 aromatic rings. The number of carbonyl (C=O) groups excluding carboxylic acids is 1. The van der Waals surface area contributed by atoms with Crippen molar-refractivity contribution in [3.05, 3.63) is 52.5 Å². The van der Waals surface area contributed by atoms with Gasteiger partial charge in [0.1, 0.15) is 0 Å². The lowest BCUT2D eigenvalue weighted by Gasteiger charge is -2.17. The molecule has 0 radical (unpaired) electrons. The van der Waals surface area contributed by atoms with Crippen LogP contribution < -0.4 is 14.8 Å². The minimum absolute atomic E-state index is 0.129. The topological polar surface area (TPSA) is 84.9 Å². The lowest BCUT2D eigenvalue weighted by molar-refractivity contribution is -0.121. The number of nitrogens with one attached hydrogen (secondary N) is 1. The van der Waals surface area contributed by atoms with Crippen LogP contribution in [-0.2, 0) is 21.4 Å². The van der Waals surface area contributed by atoms with Crippen molar-refractivity contribution in [3.63, 3.8) is 0 Å². The number of methoxy groups -OCH3 is 1. The van der Waals surface area contributed by atoms with E-state index >= 15 is 0 Å². The molecule has 0 aliphatic carbocycles. The largest absolute Gasteiger partial charge is 0.493 e. The van der Waals surface area contributed by atoms with Crippen molar-refractivity contribution in [1.82, 2.24) is 9.62 Å². The Morgan fingerprint density at radius 3 is 2.47 bits per heavy atom. The maximum absolute atomic E-state index is 12.6. The Labute approximate surface area is 186 Å². The molecule has 0 heterocycles. The molecule has 2 aromatic carbocycles. The summed E-state index contributed by atoms with van der Waals surface area (Å²) in [5, 5.41) is 2.74. The van der Waals surface area contributed by atoms with Crippen LogP contribution >= 0.6 is 15.9 Å². The zero-order valence-corrected chi connectivity index (χ0v) is 19.8. The van der Waals surface area contributed by atoms with Crippen molar-refractivity contribution < 1.29 is 22.7 Å². The van der Waals surface area contributed by atoms with Crippen LogP contribution in [0.15, 0.2) is 51.8 Å². The van der Waals surface area contributed by atoms with Gasteiger partial charge in [0.15, 0.2) is 11.5 Å². The molecule has 0 aliphatic rings. The Morgan fingerprint density at radius 1 is 1.13 bits per heavy atom. The Kier molecular flexibility index (Phi) is 9.13. The van der Waals surface area contributed by atoms with Gasteiger partial charge in [-0.3, -0.25) is 4.79 Å². The summed E-state index contributed by atoms with van der Waals surface area (Å²) in [6.45, 7) is 2.67. The van der Waals surface area contributed by atoms with Gasteiger partial charge in [-0.05, 0) is 48.4 Å². The van der Waals surface area contributed by atoms with Gasteiger partial charge in [0.05, 0.1) is 25.2 Å². The van der Waals surface area contributed by atoms with Crippen LogP contribution in [-0.4, -0.2) is 45.9 Å². The van der Waals surface area contributed by atoms with E-state index in [1.165, 1.54) is 19.2 Å². The third-order valence-corrected chi connectivity index (χ3v) is 6.71. The highest BCUT2D eigenvalue weighted by atomic mass is 79.9. The highest BCUT2D eigenvalue weighted by molar-refractivity contribution is 9.10. The molecular formula is C21H27BrN2O5S. The molecule has 9 heteroatoms. The standard InChI is InChI=1S/C21H27BrN2O5S/c1-4-5-12-29-19-11-6-16(13-20(19)28-3)14-23-21(25)15-24(2)30(26,27)18-9-7-17(22)8-10-18/h6-11,13H,4-5,12,14-15H2,1-3H3,(H,23,25). The number of benzene rings is 2. The van der Waals surface area contributed by atoms with Gasteiger partial charge in [-0.25, -0.2) is 8.42 Å². The predicted molar refractivity (Wildman–Crippen MR) is 119 cm³/mol. The van der Waals surface area contributed by atoms with Gasteiger partial charge in [-0.2, -0.15) is 4.31 Å². The Balaban J connectivity index is 1.94. The molecule has 30 heavy (non-hydrogen) atoms. The van der Waals surface area contributed by atoms with Crippen LogP contribution in [0.1, 0.15) is 25.3 Å². The molecule has 0 unspecified atom stereocenters. The van der Waals surface area contributed by atoms with Gasteiger partial charge in [0.25, 0.3) is 0 Å². The summed E-state index contributed by atoms with van der Waals surface area (Å²) in [4.78, 5) is 12.4. The van der Waals surface area contributed by atoms with Crippen LogP contribution in [0.2, 0.25) is 0 Å². The summed E-state index contributed by atoms with van der Waals surface area (Å²) in [6, 6.07) is 11.7. The molecule has 0 bridgehead atoms. The zero-order chi connectivity index (χ0) is 22.1. The number of hydrogen-bond acceptors (Lipinski definition) is 5. The first-order chi connectivity index (χ1) is 14.3. The van der Waals surface area contributed by atoms with E-state index in [-0.39, 0.29) is 18.0 Å². The summed E-state index contributed by atoms with van der Waals surface area (Å²) >= 11 is 3.27. The van der Waals surface area contributed by atoms with E-state index in [1.807, 2.05) is 6.07 Å². The zero-order valence-electron chi connectivity index (χ0n) is 17.4. The summed E-state index contributed by atoms with van der Waals surface area (Å²) in [6.07, 6.45) is 2.00. The summed E-state index contributed by atoms with van der Waals surface area (Å²) in [7, 11) is -0.807. The number of unbranched alkanes of at least 4 members (excludes halogenated alkanes) is 1. The van der Waals surface area contributed by atoms with Gasteiger partial charge in [0, 0.05) is 18.1 Å². The van der Waals surface area contributed by atoms with E-state index in [1.54, 1.807) is 31.4 Å². The molecule has 0 aliphatic heterocycles. The van der Waals surface area contributed by atoms with Crippen LogP contribution in [0.3, 0.4) is 0 Å². The third kappa shape index (κ3) is 6.72. The van der Waals surface area contributed by atoms with E-state index in [2.05, 4.69) is 28.2 Å². The first-order valence-electron chi connectivity index (χ1n) is 9.56. The molecule has 0 aromatic heterocycles. The normalized spacial score (nSPS) is 11.4. The van der Waals surface area contributed by atoms with Crippen LogP contribution in [0.4, 0.5) is 0 Å². The second kappa shape index (κ2) is 11.3. The van der Waals surface area contributed by atoms with Crippen molar-refractivity contribution in [2.24, 2.45) is 0 Å². The second-order valence-corrected chi connectivity index (χ2v) is 9.64. The van der Waals surface area contributed by atoms with E-state index in [9.17, 15) is 13.2 Å². The van der Waals surface area contributed by atoms with Crippen molar-refractivity contribution in [2.45, 2.75) is 31.2 Å². The number of rotatable bonds is 11. The Hall–Kier alpha value is -2.10. The van der Waals surface area contributed by atoms with Crippen molar-refractivity contribution >= 4 is 31.9 Å². The van der Waals surface area contributed by atoms with Crippen molar-refractivity contribution in [1.29, 1.82) is 0 Å². The van der Waals surface area contributed by atoms with Crippen LogP contribution in [0, 0.1) is 0 Å². The maximum Gasteiger partial charge on any atom is 0.243 e. The van der Waals surface area contributed by atoms with Crippen LogP contribution in [0.5, 0.6) is 11.5 Å². The van der Waals surface area contributed by atoms with Gasteiger partial charge < -0.3 is 14.8 Å². The van der Waals surface area contributed by atoms with Gasteiger partial charge in [0.2, 0.25) is 15.9 Å². The first kappa shape index (κ1) is 24.2. The van der Waals surface area contributed by atoms with Gasteiger partial charge in [-0.1, -0.05) is 35.3 Å². The summed E-state index contributed by atoms with van der Waals surface area (Å²) < 4.78 is 38.0. The fourth-order valence-corrected chi connectivity index (χ4v) is 3.99. The molecule has 7 nitrogen and oxygen atoms in total. The number of carbonyl (C=O) groups is 1. The minimum Gasteiger partial charge on any atom is -0.493 e. The monoisotopic (exact) mass is 498 g/mol. The van der Waals surface area contributed by atoms with Crippen LogP contribution in [0.25, 0.3) is 0 Å². The number of hydrogen-bond donors (Lipinski definition) is 1. The summed E-state index contributed by atoms with van der Waals surface area (Å²) in [5.74, 6) is 0.842. The fraction of sp³-hybridized carbons (Fsp3) is 0.381. The minimum atomic E-state index is -3.75. The average Bonchev–Trinajstić information content (AvgIpc) is 2.73. The number of sulfonamides is 1. The average molecular weight is 499 g/mol. The van der Waals surface area contributed by atoms with Crippen molar-refractivity contribution in [2.75, 3.05) is 27.3 Å². The molecule has 0 spiro atoms. The lowest BCUT2D eigenvalue weighted by atomic mass is 10.2. The van der Waals surface area contributed by atoms with Crippen molar-refractivity contribution in [3.8, 4) is 11.5 Å². The third-order valence-electron chi connectivity index (χ3n) is 4.36. The molecule has 0 saturated heterocycles. The van der Waals surface area contributed by atoms with E-state index in [0.717, 1.165) is 27.2 Å². The maximum atomic E-state index is 12.6. The highest BCUT2D eigenvalue weighted by Gasteiger charge is 2.22. The number of amides is 1. The van der Waals surface area contributed by atoms with Gasteiger partial charge in [-0.15, -0.1) is 0 Å². The summed E-state index contributed by atoms with van der Waals surface area (Å²) in [5.41, 5.74) is 0.821. The molecule has 1 amide bonds. The number of ether oxygens (including phenoxy) is 2. The second-order valence-electron chi connectivity index (χ2n) is 6.68. The molecular weight excluding hydrogens is 472 g/mol. The van der Waals surface area contributed by atoms with E-state index in [4.69, 9.17) is 9.47 Å². The number of nitrogens with zero attached hydrogens (tertiary/aromatic N) is 1. The number of likely N-dealkylation sites (N-methyl/N-ethyl adjacent to an activating group) is 1. The molecule has 0 saturated carbocycles.